The number of methoxy groups -OCH3 is 2. The van der Waals surface area contributed by atoms with Crippen LogP contribution in [-0.4, -0.2) is 25.1 Å². The predicted octanol–water partition coefficient (Wildman–Crippen LogP) is 4.24. The molecule has 0 aliphatic heterocycles. The van der Waals surface area contributed by atoms with Crippen LogP contribution in [0.3, 0.4) is 0 Å². The van der Waals surface area contributed by atoms with Gasteiger partial charge in [-0.3, -0.25) is 0 Å². The molecule has 0 aromatic heterocycles. The number of nitrogens with zero attached hydrogens (tertiary/aromatic N) is 1. The molecule has 1 rings (SSSR count). The van der Waals surface area contributed by atoms with Gasteiger partial charge in [-0.2, -0.15) is 0 Å². The zero-order chi connectivity index (χ0) is 14.8. The van der Waals surface area contributed by atoms with Crippen LogP contribution in [0.4, 0.5) is 0 Å². The zero-order valence-corrected chi connectivity index (χ0v) is 12.7. The number of benzene rings is 1. The molecular weight excluding hydrogens is 254 g/mol. The Labute approximate surface area is 121 Å². The third-order valence-corrected chi connectivity index (χ3v) is 3.36. The summed E-state index contributed by atoms with van der Waals surface area (Å²) in [6.07, 6.45) is 6.66. The van der Waals surface area contributed by atoms with Crippen LogP contribution in [0.5, 0.6) is 11.5 Å². The van der Waals surface area contributed by atoms with Gasteiger partial charge in [-0.1, -0.05) is 37.8 Å². The lowest BCUT2D eigenvalue weighted by Gasteiger charge is -2.11. The van der Waals surface area contributed by atoms with E-state index in [2.05, 4.69) is 12.1 Å². The summed E-state index contributed by atoms with van der Waals surface area (Å²) in [6.45, 7) is 2.20. The van der Waals surface area contributed by atoms with Crippen molar-refractivity contribution in [1.29, 1.82) is 0 Å². The maximum atomic E-state index is 9.23. The van der Waals surface area contributed by atoms with Crippen LogP contribution in [0.2, 0.25) is 0 Å². The molecule has 4 nitrogen and oxygen atoms in total. The van der Waals surface area contributed by atoms with Gasteiger partial charge in [-0.15, -0.1) is 0 Å². The molecule has 0 spiro atoms. The smallest absolute Gasteiger partial charge is 0.131 e. The second-order valence-corrected chi connectivity index (χ2v) is 4.78. The van der Waals surface area contributed by atoms with E-state index in [0.717, 1.165) is 30.6 Å². The van der Waals surface area contributed by atoms with E-state index in [1.807, 2.05) is 12.1 Å². The number of oxime groups is 1. The average Bonchev–Trinajstić information content (AvgIpc) is 2.50. The van der Waals surface area contributed by atoms with Crippen molar-refractivity contribution >= 4 is 5.71 Å². The summed E-state index contributed by atoms with van der Waals surface area (Å²) in [4.78, 5) is 0. The Hall–Kier alpha value is -1.71. The maximum absolute atomic E-state index is 9.23. The van der Waals surface area contributed by atoms with Crippen molar-refractivity contribution in [3.05, 3.63) is 23.8 Å². The molecule has 1 aromatic carbocycles. The van der Waals surface area contributed by atoms with E-state index >= 15 is 0 Å². The lowest BCUT2D eigenvalue weighted by atomic mass is 10.0. The van der Waals surface area contributed by atoms with E-state index in [4.69, 9.17) is 9.47 Å². The van der Waals surface area contributed by atoms with Crippen LogP contribution in [-0.2, 0) is 0 Å². The summed E-state index contributed by atoms with van der Waals surface area (Å²) < 4.78 is 10.5. The van der Waals surface area contributed by atoms with Crippen LogP contribution >= 0.6 is 0 Å². The molecule has 0 radical (unpaired) electrons. The minimum atomic E-state index is 0.668. The zero-order valence-electron chi connectivity index (χ0n) is 12.7. The van der Waals surface area contributed by atoms with Crippen LogP contribution in [0, 0.1) is 0 Å². The van der Waals surface area contributed by atoms with Gasteiger partial charge >= 0.3 is 0 Å². The normalized spacial score (nSPS) is 11.4. The van der Waals surface area contributed by atoms with Gasteiger partial charge in [0.05, 0.1) is 19.9 Å². The molecule has 4 heteroatoms. The molecule has 0 saturated carbocycles. The van der Waals surface area contributed by atoms with Crippen molar-refractivity contribution in [2.24, 2.45) is 5.16 Å². The van der Waals surface area contributed by atoms with E-state index in [9.17, 15) is 5.21 Å². The van der Waals surface area contributed by atoms with Crippen molar-refractivity contribution < 1.29 is 14.7 Å². The molecule has 0 aliphatic carbocycles. The van der Waals surface area contributed by atoms with Gasteiger partial charge in [0.15, 0.2) is 0 Å². The molecule has 0 fully saturated rings. The maximum Gasteiger partial charge on any atom is 0.131 e. The topological polar surface area (TPSA) is 51.1 Å². The number of ether oxygens (including phenoxy) is 2. The first-order valence-corrected chi connectivity index (χ1v) is 7.20. The van der Waals surface area contributed by atoms with Gasteiger partial charge in [0.1, 0.15) is 11.5 Å². The fourth-order valence-corrected chi connectivity index (χ4v) is 2.17. The molecule has 0 aliphatic rings. The SMILES string of the molecule is CCCCCCCC(=NO)c1ccc(OC)cc1OC. The van der Waals surface area contributed by atoms with Crippen LogP contribution in [0.25, 0.3) is 0 Å². The number of rotatable bonds is 9. The predicted molar refractivity (Wildman–Crippen MR) is 81.2 cm³/mol. The number of unbranched alkanes of at least 4 members (excludes halogenated alkanes) is 4. The third kappa shape index (κ3) is 4.76. The molecule has 112 valence electrons. The minimum absolute atomic E-state index is 0.668. The van der Waals surface area contributed by atoms with Gasteiger partial charge in [-0.05, 0) is 25.0 Å². The van der Waals surface area contributed by atoms with Gasteiger partial charge in [0, 0.05) is 11.6 Å². The van der Waals surface area contributed by atoms with E-state index < -0.39 is 0 Å². The Kier molecular flexibility index (Phi) is 7.55. The van der Waals surface area contributed by atoms with E-state index in [1.165, 1.54) is 19.3 Å². The first kappa shape index (κ1) is 16.3. The van der Waals surface area contributed by atoms with E-state index in [-0.39, 0.29) is 0 Å². The number of hydrogen-bond acceptors (Lipinski definition) is 4. The highest BCUT2D eigenvalue weighted by atomic mass is 16.5. The summed E-state index contributed by atoms with van der Waals surface area (Å²) in [5.41, 5.74) is 1.49. The van der Waals surface area contributed by atoms with Crippen LogP contribution < -0.4 is 9.47 Å². The minimum Gasteiger partial charge on any atom is -0.497 e. The molecule has 0 amide bonds. The number of hydrogen-bond donors (Lipinski definition) is 1. The second kappa shape index (κ2) is 9.23. The highest BCUT2D eigenvalue weighted by molar-refractivity contribution is 6.02. The summed E-state index contributed by atoms with van der Waals surface area (Å²) in [6, 6.07) is 5.52. The Balaban J connectivity index is 2.70. The van der Waals surface area contributed by atoms with Gasteiger partial charge < -0.3 is 14.7 Å². The summed E-state index contributed by atoms with van der Waals surface area (Å²) in [7, 11) is 3.22. The first-order valence-electron chi connectivity index (χ1n) is 7.20. The van der Waals surface area contributed by atoms with Crippen molar-refractivity contribution in [2.45, 2.75) is 45.4 Å². The van der Waals surface area contributed by atoms with Crippen molar-refractivity contribution in [2.75, 3.05) is 14.2 Å². The fourth-order valence-electron chi connectivity index (χ4n) is 2.17. The molecule has 1 aromatic rings. The molecular formula is C16H25NO3. The standard InChI is InChI=1S/C16H25NO3/c1-4-5-6-7-8-9-15(17-18)14-11-10-13(19-2)12-16(14)20-3/h10-12,18H,4-9H2,1-3H3. The fraction of sp³-hybridized carbons (Fsp3) is 0.562. The highest BCUT2D eigenvalue weighted by Crippen LogP contribution is 2.26. The lowest BCUT2D eigenvalue weighted by molar-refractivity contribution is 0.317. The summed E-state index contributed by atoms with van der Waals surface area (Å²) in [5, 5.41) is 12.7. The Morgan fingerprint density at radius 3 is 2.45 bits per heavy atom. The van der Waals surface area contributed by atoms with Gasteiger partial charge in [0.2, 0.25) is 0 Å². The second-order valence-electron chi connectivity index (χ2n) is 4.78. The molecule has 0 bridgehead atoms. The van der Waals surface area contributed by atoms with E-state index in [1.54, 1.807) is 20.3 Å². The Morgan fingerprint density at radius 2 is 1.85 bits per heavy atom. The van der Waals surface area contributed by atoms with Crippen molar-refractivity contribution in [3.63, 3.8) is 0 Å². The molecule has 0 atom stereocenters. The molecule has 0 unspecified atom stereocenters. The van der Waals surface area contributed by atoms with Gasteiger partial charge in [0.25, 0.3) is 0 Å². The Bertz CT molecular complexity index is 430. The lowest BCUT2D eigenvalue weighted by Crippen LogP contribution is -2.04. The quantitative estimate of drug-likeness (QED) is 0.318. The largest absolute Gasteiger partial charge is 0.497 e. The first-order chi connectivity index (χ1) is 9.76. The summed E-state index contributed by atoms with van der Waals surface area (Å²) >= 11 is 0. The molecule has 1 N–H and O–H groups in total. The van der Waals surface area contributed by atoms with E-state index in [0.29, 0.717) is 11.5 Å². The monoisotopic (exact) mass is 279 g/mol. The average molecular weight is 279 g/mol. The van der Waals surface area contributed by atoms with Crippen molar-refractivity contribution in [1.82, 2.24) is 0 Å². The van der Waals surface area contributed by atoms with Crippen LogP contribution in [0.1, 0.15) is 51.0 Å². The highest BCUT2D eigenvalue weighted by Gasteiger charge is 2.12. The molecule has 0 saturated heterocycles. The third-order valence-electron chi connectivity index (χ3n) is 3.36. The Morgan fingerprint density at radius 1 is 1.10 bits per heavy atom. The summed E-state index contributed by atoms with van der Waals surface area (Å²) in [5.74, 6) is 1.40. The van der Waals surface area contributed by atoms with Crippen LogP contribution in [0.15, 0.2) is 23.4 Å². The van der Waals surface area contributed by atoms with Gasteiger partial charge in [-0.25, -0.2) is 0 Å². The molecule has 0 heterocycles. The molecule has 20 heavy (non-hydrogen) atoms. The van der Waals surface area contributed by atoms with Crippen molar-refractivity contribution in [3.8, 4) is 11.5 Å².